The van der Waals surface area contributed by atoms with Crippen molar-refractivity contribution in [2.75, 3.05) is 0 Å². The van der Waals surface area contributed by atoms with Gasteiger partial charge in [-0.1, -0.05) is 163 Å². The van der Waals surface area contributed by atoms with Crippen LogP contribution in [-0.4, -0.2) is 12.2 Å². The molecule has 4 heteroatoms. The van der Waals surface area contributed by atoms with Crippen LogP contribution in [0.15, 0.2) is 146 Å². The van der Waals surface area contributed by atoms with E-state index in [9.17, 15) is 0 Å². The second kappa shape index (κ2) is 15.3. The Morgan fingerprint density at radius 1 is 0.434 bits per heavy atom. The summed E-state index contributed by atoms with van der Waals surface area (Å²) >= 11 is 0. The molecule has 0 saturated carbocycles. The van der Waals surface area contributed by atoms with Crippen LogP contribution in [0.2, 0.25) is 0 Å². The fourth-order valence-electron chi connectivity index (χ4n) is 7.27. The molecule has 0 spiro atoms. The van der Waals surface area contributed by atoms with Crippen molar-refractivity contribution >= 4 is 47.7 Å². The highest BCUT2D eigenvalue weighted by Crippen LogP contribution is 2.50. The van der Waals surface area contributed by atoms with Crippen molar-refractivity contribution in [1.82, 2.24) is 0 Å². The summed E-state index contributed by atoms with van der Waals surface area (Å²) in [6.07, 6.45) is 0.689. The van der Waals surface area contributed by atoms with E-state index in [1.165, 1.54) is 43.0 Å². The Labute approximate surface area is 320 Å². The molecule has 2 nitrogen and oxygen atoms in total. The first kappa shape index (κ1) is 37.1. The highest BCUT2D eigenvalue weighted by atomic mass is 31.1. The fraction of sp³-hybridized carbons (Fsp3) is 0.265. The molecule has 0 saturated heterocycles. The molecule has 0 fully saturated rings. The fourth-order valence-corrected chi connectivity index (χ4v) is 12.3. The molecule has 6 aromatic rings. The molecular weight excluding hydrogens is 682 g/mol. The van der Waals surface area contributed by atoms with Gasteiger partial charge in [0.25, 0.3) is 0 Å². The van der Waals surface area contributed by atoms with Gasteiger partial charge in [0, 0.05) is 17.5 Å². The van der Waals surface area contributed by atoms with Gasteiger partial charge in [-0.25, -0.2) is 0 Å². The third-order valence-electron chi connectivity index (χ3n) is 10.0. The molecule has 0 bridgehead atoms. The van der Waals surface area contributed by atoms with E-state index < -0.39 is 15.8 Å². The Balaban J connectivity index is 1.69. The molecule has 0 amide bonds. The third-order valence-corrected chi connectivity index (χ3v) is 14.9. The van der Waals surface area contributed by atoms with E-state index >= 15 is 0 Å². The summed E-state index contributed by atoms with van der Waals surface area (Å²) in [5, 5.41) is 7.84. The molecule has 0 aliphatic carbocycles. The molecule has 0 aromatic heterocycles. The van der Waals surface area contributed by atoms with Gasteiger partial charge in [0.05, 0.1) is 12.2 Å². The summed E-state index contributed by atoms with van der Waals surface area (Å²) in [6, 6.07) is 54.0. The standard InChI is InChI=1S/C49H52O2P2/c1-34-29-35(2)51-43-31-37(49(6,7)8)33-45(53(40-25-17-11-18-26-40)41-27-19-12-20-28-41)47(43)46-42(50-34)30-36(48(3,4)5)32-44(46)52(38-21-13-9-14-22-38)39-23-15-10-16-24-39/h9-28,30-35H,29H2,1-8H3. The Bertz CT molecular complexity index is 1920. The van der Waals surface area contributed by atoms with Gasteiger partial charge < -0.3 is 9.47 Å². The van der Waals surface area contributed by atoms with Crippen LogP contribution in [0.3, 0.4) is 0 Å². The molecule has 0 radical (unpaired) electrons. The van der Waals surface area contributed by atoms with E-state index in [1.54, 1.807) is 0 Å². The molecule has 1 aliphatic heterocycles. The Hall–Kier alpha value is -4.22. The molecule has 1 aliphatic rings. The van der Waals surface area contributed by atoms with Gasteiger partial charge in [0.15, 0.2) is 0 Å². The van der Waals surface area contributed by atoms with Crippen LogP contribution in [0.4, 0.5) is 0 Å². The number of ether oxygens (including phenoxy) is 2. The minimum Gasteiger partial charge on any atom is -0.490 e. The second-order valence-corrected chi connectivity index (χ2v) is 20.7. The summed E-state index contributed by atoms with van der Waals surface area (Å²) in [5.74, 6) is 1.89. The lowest BCUT2D eigenvalue weighted by molar-refractivity contribution is 0.134. The Kier molecular flexibility index (Phi) is 10.7. The number of benzene rings is 6. The molecular formula is C49H52O2P2. The first-order valence-electron chi connectivity index (χ1n) is 18.9. The summed E-state index contributed by atoms with van der Waals surface area (Å²) in [7, 11) is -2.00. The van der Waals surface area contributed by atoms with Gasteiger partial charge in [-0.15, -0.1) is 0 Å². The molecule has 2 atom stereocenters. The van der Waals surface area contributed by atoms with Gasteiger partial charge in [0.1, 0.15) is 11.5 Å². The normalized spacial score (nSPS) is 16.1. The van der Waals surface area contributed by atoms with E-state index in [0.717, 1.165) is 29.0 Å². The predicted molar refractivity (Wildman–Crippen MR) is 231 cm³/mol. The van der Waals surface area contributed by atoms with Crippen molar-refractivity contribution in [3.05, 3.63) is 157 Å². The quantitative estimate of drug-likeness (QED) is 0.159. The van der Waals surface area contributed by atoms with Crippen LogP contribution in [0.25, 0.3) is 11.1 Å². The highest BCUT2D eigenvalue weighted by Gasteiger charge is 2.35. The molecule has 0 N–H and O–H groups in total. The van der Waals surface area contributed by atoms with Crippen LogP contribution in [0.5, 0.6) is 11.5 Å². The number of fused-ring (bicyclic) bond motifs is 3. The molecule has 270 valence electrons. The number of hydrogen-bond acceptors (Lipinski definition) is 2. The third kappa shape index (κ3) is 8.01. The van der Waals surface area contributed by atoms with Crippen LogP contribution in [0.1, 0.15) is 72.9 Å². The number of hydrogen-bond donors (Lipinski definition) is 0. The summed E-state index contributed by atoms with van der Waals surface area (Å²) < 4.78 is 14.4. The Morgan fingerprint density at radius 3 is 0.981 bits per heavy atom. The van der Waals surface area contributed by atoms with E-state index in [4.69, 9.17) is 9.47 Å². The zero-order chi connectivity index (χ0) is 37.3. The maximum absolute atomic E-state index is 7.22. The van der Waals surface area contributed by atoms with Gasteiger partial charge >= 0.3 is 0 Å². The SMILES string of the molecule is CC1CC(C)Oc2cc(C(C)(C)C)cc(P(c3ccccc3)c3ccccc3)c2-c2c(cc(C(C)(C)C)cc2P(c2ccccc2)c2ccccc2)O1. The van der Waals surface area contributed by atoms with E-state index in [0.29, 0.717) is 0 Å². The summed E-state index contributed by atoms with van der Waals surface area (Å²) in [4.78, 5) is 0. The summed E-state index contributed by atoms with van der Waals surface area (Å²) in [6.45, 7) is 18.3. The molecule has 7 rings (SSSR count). The van der Waals surface area contributed by atoms with Crippen molar-refractivity contribution in [3.63, 3.8) is 0 Å². The highest BCUT2D eigenvalue weighted by molar-refractivity contribution is 7.80. The summed E-state index contributed by atoms with van der Waals surface area (Å²) in [5.41, 5.74) is 4.65. The molecule has 53 heavy (non-hydrogen) atoms. The Morgan fingerprint density at radius 2 is 0.717 bits per heavy atom. The zero-order valence-corrected chi connectivity index (χ0v) is 34.2. The lowest BCUT2D eigenvalue weighted by Gasteiger charge is -2.32. The topological polar surface area (TPSA) is 18.5 Å². The first-order valence-corrected chi connectivity index (χ1v) is 21.6. The van der Waals surface area contributed by atoms with Crippen molar-refractivity contribution in [2.45, 2.75) is 84.8 Å². The minimum absolute atomic E-state index is 0.0453. The monoisotopic (exact) mass is 734 g/mol. The minimum atomic E-state index is -1.00. The van der Waals surface area contributed by atoms with Gasteiger partial charge in [-0.2, -0.15) is 0 Å². The van der Waals surface area contributed by atoms with Gasteiger partial charge in [-0.05, 0) is 108 Å². The van der Waals surface area contributed by atoms with E-state index in [2.05, 4.69) is 201 Å². The molecule has 6 aromatic carbocycles. The predicted octanol–water partition coefficient (Wildman–Crippen LogP) is 10.4. The lowest BCUT2D eigenvalue weighted by atomic mass is 9.84. The van der Waals surface area contributed by atoms with Crippen LogP contribution in [0, 0.1) is 0 Å². The lowest BCUT2D eigenvalue weighted by Crippen LogP contribution is -2.29. The molecule has 1 heterocycles. The van der Waals surface area contributed by atoms with E-state index in [1.807, 2.05) is 0 Å². The van der Waals surface area contributed by atoms with Gasteiger partial charge in [0.2, 0.25) is 0 Å². The average Bonchev–Trinajstić information content (AvgIpc) is 3.18. The number of rotatable bonds is 6. The van der Waals surface area contributed by atoms with Crippen LogP contribution in [-0.2, 0) is 10.8 Å². The molecule has 2 unspecified atom stereocenters. The average molecular weight is 735 g/mol. The largest absolute Gasteiger partial charge is 0.490 e. The van der Waals surface area contributed by atoms with Crippen LogP contribution < -0.4 is 41.3 Å². The zero-order valence-electron chi connectivity index (χ0n) is 32.4. The van der Waals surface area contributed by atoms with Crippen molar-refractivity contribution in [3.8, 4) is 22.6 Å². The maximum atomic E-state index is 7.22. The second-order valence-electron chi connectivity index (χ2n) is 16.3. The van der Waals surface area contributed by atoms with E-state index in [-0.39, 0.29) is 23.0 Å². The first-order chi connectivity index (χ1) is 25.4. The maximum Gasteiger partial charge on any atom is 0.128 e. The smallest absolute Gasteiger partial charge is 0.128 e. The van der Waals surface area contributed by atoms with Crippen molar-refractivity contribution in [2.24, 2.45) is 0 Å². The van der Waals surface area contributed by atoms with Crippen molar-refractivity contribution in [1.29, 1.82) is 0 Å². The van der Waals surface area contributed by atoms with Crippen molar-refractivity contribution < 1.29 is 9.47 Å². The van der Waals surface area contributed by atoms with Gasteiger partial charge in [-0.3, -0.25) is 0 Å². The van der Waals surface area contributed by atoms with Crippen LogP contribution >= 0.6 is 15.8 Å².